The van der Waals surface area contributed by atoms with Crippen molar-refractivity contribution < 1.29 is 13.2 Å². The lowest BCUT2D eigenvalue weighted by molar-refractivity contribution is 0.467. The van der Waals surface area contributed by atoms with Gasteiger partial charge in [0.1, 0.15) is 16.4 Å². The number of rotatable bonds is 4. The van der Waals surface area contributed by atoms with Gasteiger partial charge in [-0.1, -0.05) is 0 Å². The van der Waals surface area contributed by atoms with Crippen LogP contribution in [0.25, 0.3) is 0 Å². The number of primary sulfonamides is 1. The second kappa shape index (κ2) is 5.74. The lowest BCUT2D eigenvalue weighted by Crippen LogP contribution is -2.13. The van der Waals surface area contributed by atoms with Crippen LogP contribution in [0.3, 0.4) is 0 Å². The number of sulfonamides is 1. The van der Waals surface area contributed by atoms with Gasteiger partial charge in [0.2, 0.25) is 10.0 Å². The minimum atomic E-state index is -3.90. The summed E-state index contributed by atoms with van der Waals surface area (Å²) in [6.07, 6.45) is 1.97. The van der Waals surface area contributed by atoms with Crippen LogP contribution in [0.1, 0.15) is 0 Å². The maximum atomic E-state index is 11.5. The number of anilines is 1. The number of thioether (sulfide) groups is 1. The number of nitrogens with two attached hydrogens (primary N) is 2. The molecule has 7 heteroatoms. The van der Waals surface area contributed by atoms with Gasteiger partial charge in [-0.3, -0.25) is 0 Å². The zero-order chi connectivity index (χ0) is 14.8. The van der Waals surface area contributed by atoms with Crippen LogP contribution < -0.4 is 15.6 Å². The largest absolute Gasteiger partial charge is 0.456 e. The third-order valence-corrected chi connectivity index (χ3v) is 4.24. The average molecular weight is 310 g/mol. The van der Waals surface area contributed by atoms with Gasteiger partial charge < -0.3 is 10.5 Å². The van der Waals surface area contributed by atoms with Gasteiger partial charge in [0.25, 0.3) is 0 Å². The molecule has 0 aliphatic carbocycles. The quantitative estimate of drug-likeness (QED) is 0.668. The molecule has 2 aromatic rings. The number of nitrogen functional groups attached to an aromatic ring is 1. The summed E-state index contributed by atoms with van der Waals surface area (Å²) in [6, 6.07) is 11.6. The smallest absolute Gasteiger partial charge is 0.241 e. The summed E-state index contributed by atoms with van der Waals surface area (Å²) in [5.41, 5.74) is 5.88. The lowest BCUT2D eigenvalue weighted by atomic mass is 10.3. The SMILES string of the molecule is CSc1ccc(Oc2ccc(N)cc2S(N)(=O)=O)cc1. The molecule has 0 amide bonds. The Morgan fingerprint density at radius 1 is 1.10 bits per heavy atom. The summed E-state index contributed by atoms with van der Waals surface area (Å²) in [6.45, 7) is 0. The van der Waals surface area contributed by atoms with E-state index < -0.39 is 10.0 Å². The first-order valence-electron chi connectivity index (χ1n) is 5.64. The van der Waals surface area contributed by atoms with Crippen molar-refractivity contribution in [3.8, 4) is 11.5 Å². The van der Waals surface area contributed by atoms with E-state index in [2.05, 4.69) is 0 Å². The van der Waals surface area contributed by atoms with E-state index in [0.717, 1.165) is 4.90 Å². The molecule has 0 aliphatic heterocycles. The standard InChI is InChI=1S/C13H14N2O3S2/c1-19-11-5-3-10(4-6-11)18-12-7-2-9(14)8-13(12)20(15,16)17/h2-8H,14H2,1H3,(H2,15,16,17). The van der Waals surface area contributed by atoms with E-state index in [1.54, 1.807) is 30.0 Å². The summed E-state index contributed by atoms with van der Waals surface area (Å²) < 4.78 is 28.6. The average Bonchev–Trinajstić information content (AvgIpc) is 2.40. The minimum absolute atomic E-state index is 0.133. The molecule has 0 bridgehead atoms. The van der Waals surface area contributed by atoms with E-state index in [1.807, 2.05) is 18.4 Å². The first-order valence-corrected chi connectivity index (χ1v) is 8.41. The van der Waals surface area contributed by atoms with E-state index in [-0.39, 0.29) is 10.6 Å². The number of hydrogen-bond donors (Lipinski definition) is 2. The Balaban J connectivity index is 2.38. The minimum Gasteiger partial charge on any atom is -0.456 e. The molecule has 0 radical (unpaired) electrons. The third kappa shape index (κ3) is 3.44. The maximum Gasteiger partial charge on any atom is 0.241 e. The van der Waals surface area contributed by atoms with Gasteiger partial charge in [-0.2, -0.15) is 0 Å². The van der Waals surface area contributed by atoms with Crippen LogP contribution in [0.15, 0.2) is 52.3 Å². The van der Waals surface area contributed by atoms with Crippen molar-refractivity contribution in [3.63, 3.8) is 0 Å². The van der Waals surface area contributed by atoms with E-state index in [9.17, 15) is 8.42 Å². The molecule has 0 aliphatic rings. The molecule has 0 saturated heterocycles. The Morgan fingerprint density at radius 2 is 1.75 bits per heavy atom. The second-order valence-electron chi connectivity index (χ2n) is 4.03. The van der Waals surface area contributed by atoms with Crippen LogP contribution in [0.2, 0.25) is 0 Å². The fraction of sp³-hybridized carbons (Fsp3) is 0.0769. The summed E-state index contributed by atoms with van der Waals surface area (Å²) in [7, 11) is -3.90. The Hall–Kier alpha value is -1.70. The molecule has 0 atom stereocenters. The van der Waals surface area contributed by atoms with Gasteiger partial charge in [-0.25, -0.2) is 13.6 Å². The summed E-state index contributed by atoms with van der Waals surface area (Å²) in [4.78, 5) is 0.952. The monoisotopic (exact) mass is 310 g/mol. The highest BCUT2D eigenvalue weighted by Gasteiger charge is 2.16. The van der Waals surface area contributed by atoms with Gasteiger partial charge in [0, 0.05) is 10.6 Å². The van der Waals surface area contributed by atoms with E-state index >= 15 is 0 Å². The number of ether oxygens (including phenoxy) is 1. The first-order chi connectivity index (χ1) is 9.40. The van der Waals surface area contributed by atoms with Crippen LogP contribution in [-0.4, -0.2) is 14.7 Å². The van der Waals surface area contributed by atoms with Gasteiger partial charge in [-0.15, -0.1) is 11.8 Å². The fourth-order valence-corrected chi connectivity index (χ4v) is 2.70. The van der Waals surface area contributed by atoms with Crippen molar-refractivity contribution in [2.24, 2.45) is 5.14 Å². The molecule has 106 valence electrons. The Bertz CT molecular complexity index is 713. The lowest BCUT2D eigenvalue weighted by Gasteiger charge is -2.10. The van der Waals surface area contributed by atoms with Crippen molar-refractivity contribution in [1.82, 2.24) is 0 Å². The molecule has 2 rings (SSSR count). The molecule has 5 nitrogen and oxygen atoms in total. The van der Waals surface area contributed by atoms with Crippen molar-refractivity contribution in [2.75, 3.05) is 12.0 Å². The second-order valence-corrected chi connectivity index (χ2v) is 6.44. The number of hydrogen-bond acceptors (Lipinski definition) is 5. The van der Waals surface area contributed by atoms with Gasteiger partial charge >= 0.3 is 0 Å². The third-order valence-electron chi connectivity index (χ3n) is 2.56. The van der Waals surface area contributed by atoms with Crippen molar-refractivity contribution in [1.29, 1.82) is 0 Å². The molecule has 0 spiro atoms. The van der Waals surface area contributed by atoms with Crippen molar-refractivity contribution >= 4 is 27.5 Å². The van der Waals surface area contributed by atoms with E-state index in [0.29, 0.717) is 11.4 Å². The predicted octanol–water partition coefficient (Wildman–Crippen LogP) is 2.43. The van der Waals surface area contributed by atoms with Crippen LogP contribution in [0.4, 0.5) is 5.69 Å². The molecule has 20 heavy (non-hydrogen) atoms. The molecule has 0 saturated carbocycles. The van der Waals surface area contributed by atoms with Gasteiger partial charge in [0.15, 0.2) is 0 Å². The highest BCUT2D eigenvalue weighted by molar-refractivity contribution is 7.98. The summed E-state index contributed by atoms with van der Waals surface area (Å²) in [5.74, 6) is 0.677. The highest BCUT2D eigenvalue weighted by atomic mass is 32.2. The Labute approximate surface area is 122 Å². The fourth-order valence-electron chi connectivity index (χ4n) is 1.60. The van der Waals surface area contributed by atoms with Gasteiger partial charge in [0.05, 0.1) is 0 Å². The molecule has 4 N–H and O–H groups in total. The molecule has 0 fully saturated rings. The predicted molar refractivity (Wildman–Crippen MR) is 80.5 cm³/mol. The topological polar surface area (TPSA) is 95.4 Å². The molecular weight excluding hydrogens is 296 g/mol. The molecule has 0 aromatic heterocycles. The van der Waals surface area contributed by atoms with Crippen molar-refractivity contribution in [3.05, 3.63) is 42.5 Å². The Kier molecular flexibility index (Phi) is 4.22. The first kappa shape index (κ1) is 14.7. The maximum absolute atomic E-state index is 11.5. The van der Waals surface area contributed by atoms with Crippen LogP contribution in [0.5, 0.6) is 11.5 Å². The van der Waals surface area contributed by atoms with Crippen molar-refractivity contribution in [2.45, 2.75) is 9.79 Å². The summed E-state index contributed by atoms with van der Waals surface area (Å²) in [5, 5.41) is 5.16. The van der Waals surface area contributed by atoms with E-state index in [1.165, 1.54) is 12.1 Å². The van der Waals surface area contributed by atoms with Gasteiger partial charge in [-0.05, 0) is 48.7 Å². The summed E-state index contributed by atoms with van der Waals surface area (Å²) >= 11 is 1.61. The molecule has 0 heterocycles. The molecule has 0 unspecified atom stereocenters. The van der Waals surface area contributed by atoms with Crippen LogP contribution in [0, 0.1) is 0 Å². The molecule has 2 aromatic carbocycles. The van der Waals surface area contributed by atoms with Crippen LogP contribution >= 0.6 is 11.8 Å². The Morgan fingerprint density at radius 3 is 2.30 bits per heavy atom. The normalized spacial score (nSPS) is 11.3. The van der Waals surface area contributed by atoms with Crippen LogP contribution in [-0.2, 0) is 10.0 Å². The number of benzene rings is 2. The zero-order valence-corrected chi connectivity index (χ0v) is 12.4. The highest BCUT2D eigenvalue weighted by Crippen LogP contribution is 2.30. The molecular formula is C13H14N2O3S2. The van der Waals surface area contributed by atoms with E-state index in [4.69, 9.17) is 15.6 Å². The zero-order valence-electron chi connectivity index (χ0n) is 10.7.